The molecule has 0 fully saturated rings. The third kappa shape index (κ3) is 4.60. The molecule has 1 aromatic rings. The summed E-state index contributed by atoms with van der Waals surface area (Å²) in [5.41, 5.74) is 1.88. The van der Waals surface area contributed by atoms with Crippen molar-refractivity contribution in [3.05, 3.63) is 35.4 Å². The Bertz CT molecular complexity index is 481. The minimum Gasteiger partial charge on any atom is -0.384 e. The number of aliphatic hydroxyl groups is 1. The van der Waals surface area contributed by atoms with E-state index in [2.05, 4.69) is 17.2 Å². The minimum absolute atomic E-state index is 0.0494. The Balaban J connectivity index is 2.68. The summed E-state index contributed by atoms with van der Waals surface area (Å²) in [4.78, 5) is 13.7. The maximum atomic E-state index is 12.0. The van der Waals surface area contributed by atoms with Gasteiger partial charge in [-0.1, -0.05) is 24.0 Å². The highest BCUT2D eigenvalue weighted by Gasteiger charge is 2.13. The predicted molar refractivity (Wildman–Crippen MR) is 80.3 cm³/mol. The lowest BCUT2D eigenvalue weighted by molar-refractivity contribution is 0.200. The van der Waals surface area contributed by atoms with Crippen LogP contribution in [0.1, 0.15) is 37.9 Å². The lowest BCUT2D eigenvalue weighted by atomic mass is 10.1. The molecule has 4 nitrogen and oxygen atoms in total. The van der Waals surface area contributed by atoms with Gasteiger partial charge >= 0.3 is 6.03 Å². The molecule has 0 saturated carbocycles. The van der Waals surface area contributed by atoms with Crippen LogP contribution in [0.3, 0.4) is 0 Å². The van der Waals surface area contributed by atoms with Gasteiger partial charge in [0.15, 0.2) is 0 Å². The molecule has 0 aliphatic rings. The molecule has 1 unspecified atom stereocenters. The van der Waals surface area contributed by atoms with Crippen LogP contribution in [0.5, 0.6) is 0 Å². The predicted octanol–water partition coefficient (Wildman–Crippen LogP) is 2.14. The zero-order chi connectivity index (χ0) is 15.0. The van der Waals surface area contributed by atoms with Crippen molar-refractivity contribution >= 4 is 6.03 Å². The van der Waals surface area contributed by atoms with E-state index in [1.165, 1.54) is 0 Å². The van der Waals surface area contributed by atoms with Crippen molar-refractivity contribution in [1.82, 2.24) is 10.2 Å². The van der Waals surface area contributed by atoms with Crippen molar-refractivity contribution in [2.75, 3.05) is 19.7 Å². The van der Waals surface area contributed by atoms with Crippen LogP contribution in [0.4, 0.5) is 4.79 Å². The molecule has 0 saturated heterocycles. The second kappa shape index (κ2) is 8.23. The summed E-state index contributed by atoms with van der Waals surface area (Å²) >= 11 is 0. The molecular weight excluding hydrogens is 252 g/mol. The maximum absolute atomic E-state index is 12.0. The van der Waals surface area contributed by atoms with Crippen LogP contribution in [0.2, 0.25) is 0 Å². The fourth-order valence-electron chi connectivity index (χ4n) is 1.87. The lowest BCUT2D eigenvalue weighted by Crippen LogP contribution is -2.40. The minimum atomic E-state index is -0.141. The summed E-state index contributed by atoms with van der Waals surface area (Å²) in [5.74, 6) is 5.45. The van der Waals surface area contributed by atoms with E-state index >= 15 is 0 Å². The summed E-state index contributed by atoms with van der Waals surface area (Å²) in [7, 11) is 0. The fraction of sp³-hybridized carbons (Fsp3) is 0.438. The summed E-state index contributed by atoms with van der Waals surface area (Å²) in [6.45, 7) is 7.13. The Kier molecular flexibility index (Phi) is 6.61. The van der Waals surface area contributed by atoms with Gasteiger partial charge in [0.1, 0.15) is 6.61 Å². The number of amides is 2. The van der Waals surface area contributed by atoms with Crippen LogP contribution in [-0.4, -0.2) is 35.7 Å². The fourth-order valence-corrected chi connectivity index (χ4v) is 1.87. The lowest BCUT2D eigenvalue weighted by Gasteiger charge is -2.22. The number of carbonyl (C=O) groups excluding carboxylic acids is 1. The first-order valence-corrected chi connectivity index (χ1v) is 6.87. The number of carbonyl (C=O) groups is 1. The first-order valence-electron chi connectivity index (χ1n) is 6.87. The van der Waals surface area contributed by atoms with Crippen molar-refractivity contribution in [2.45, 2.75) is 26.8 Å². The first-order chi connectivity index (χ1) is 9.62. The Morgan fingerprint density at radius 1 is 1.30 bits per heavy atom. The van der Waals surface area contributed by atoms with E-state index < -0.39 is 0 Å². The van der Waals surface area contributed by atoms with Gasteiger partial charge in [0, 0.05) is 18.7 Å². The van der Waals surface area contributed by atoms with E-state index in [0.29, 0.717) is 13.1 Å². The van der Waals surface area contributed by atoms with Crippen LogP contribution < -0.4 is 5.32 Å². The molecule has 0 aliphatic heterocycles. The zero-order valence-electron chi connectivity index (χ0n) is 12.3. The maximum Gasteiger partial charge on any atom is 0.317 e. The molecule has 1 aromatic carbocycles. The van der Waals surface area contributed by atoms with E-state index in [9.17, 15) is 4.79 Å². The second-order valence-electron chi connectivity index (χ2n) is 4.43. The smallest absolute Gasteiger partial charge is 0.317 e. The van der Waals surface area contributed by atoms with Crippen LogP contribution >= 0.6 is 0 Å². The summed E-state index contributed by atoms with van der Waals surface area (Å²) in [6, 6.07) is 7.55. The Morgan fingerprint density at radius 3 is 2.40 bits per heavy atom. The molecule has 20 heavy (non-hydrogen) atoms. The molecule has 0 spiro atoms. The second-order valence-corrected chi connectivity index (χ2v) is 4.43. The van der Waals surface area contributed by atoms with Crippen molar-refractivity contribution in [3.63, 3.8) is 0 Å². The molecule has 0 heterocycles. The average molecular weight is 274 g/mol. The summed E-state index contributed by atoms with van der Waals surface area (Å²) in [6.07, 6.45) is 0. The number of benzene rings is 1. The molecule has 0 bridgehead atoms. The molecule has 1 atom stereocenters. The van der Waals surface area contributed by atoms with Gasteiger partial charge in [0.2, 0.25) is 0 Å². The molecule has 108 valence electrons. The largest absolute Gasteiger partial charge is 0.384 e. The van der Waals surface area contributed by atoms with Gasteiger partial charge in [-0.2, -0.15) is 0 Å². The van der Waals surface area contributed by atoms with Gasteiger partial charge in [-0.25, -0.2) is 4.79 Å². The van der Waals surface area contributed by atoms with Gasteiger partial charge in [-0.15, -0.1) is 0 Å². The molecular formula is C16H22N2O2. The normalized spacial score (nSPS) is 11.2. The molecule has 0 aliphatic carbocycles. The summed E-state index contributed by atoms with van der Waals surface area (Å²) in [5, 5.41) is 11.6. The van der Waals surface area contributed by atoms with E-state index in [-0.39, 0.29) is 18.7 Å². The molecule has 4 heteroatoms. The van der Waals surface area contributed by atoms with E-state index in [0.717, 1.165) is 11.1 Å². The van der Waals surface area contributed by atoms with E-state index in [4.69, 9.17) is 5.11 Å². The van der Waals surface area contributed by atoms with E-state index in [1.54, 1.807) is 4.90 Å². The Labute approximate surface area is 120 Å². The molecule has 1 rings (SSSR count). The Morgan fingerprint density at radius 2 is 1.90 bits per heavy atom. The van der Waals surface area contributed by atoms with Crippen LogP contribution in [0.15, 0.2) is 24.3 Å². The quantitative estimate of drug-likeness (QED) is 0.827. The highest BCUT2D eigenvalue weighted by atomic mass is 16.2. The average Bonchev–Trinajstić information content (AvgIpc) is 2.46. The Hall–Kier alpha value is -1.99. The van der Waals surface area contributed by atoms with E-state index in [1.807, 2.05) is 45.0 Å². The van der Waals surface area contributed by atoms with Crippen molar-refractivity contribution in [3.8, 4) is 11.8 Å². The number of aliphatic hydroxyl groups excluding tert-OH is 1. The molecule has 0 radical (unpaired) electrons. The highest BCUT2D eigenvalue weighted by Crippen LogP contribution is 2.13. The van der Waals surface area contributed by atoms with Crippen LogP contribution in [0, 0.1) is 11.8 Å². The van der Waals surface area contributed by atoms with Crippen LogP contribution in [-0.2, 0) is 0 Å². The monoisotopic (exact) mass is 274 g/mol. The van der Waals surface area contributed by atoms with Gasteiger partial charge < -0.3 is 15.3 Å². The van der Waals surface area contributed by atoms with Crippen LogP contribution in [0.25, 0.3) is 0 Å². The topological polar surface area (TPSA) is 52.6 Å². The molecule has 2 N–H and O–H groups in total. The zero-order valence-corrected chi connectivity index (χ0v) is 12.3. The molecule has 0 aromatic heterocycles. The number of nitrogens with zero attached hydrogens (tertiary/aromatic N) is 1. The van der Waals surface area contributed by atoms with Crippen molar-refractivity contribution in [1.29, 1.82) is 0 Å². The van der Waals surface area contributed by atoms with Gasteiger partial charge in [0.25, 0.3) is 0 Å². The van der Waals surface area contributed by atoms with Gasteiger partial charge in [-0.3, -0.25) is 0 Å². The van der Waals surface area contributed by atoms with Gasteiger partial charge in [-0.05, 0) is 38.5 Å². The molecule has 2 amide bonds. The third-order valence-electron chi connectivity index (χ3n) is 3.11. The highest BCUT2D eigenvalue weighted by molar-refractivity contribution is 5.74. The standard InChI is InChI=1S/C16H22N2O2/c1-4-18(5-2)16(20)17-13(3)15-10-8-14(9-11-15)7-6-12-19/h8-11,13,19H,4-5,12H2,1-3H3,(H,17,20). The first kappa shape index (κ1) is 16.1. The van der Waals surface area contributed by atoms with Gasteiger partial charge in [0.05, 0.1) is 6.04 Å². The SMILES string of the molecule is CCN(CC)C(=O)NC(C)c1ccc(C#CCO)cc1. The number of urea groups is 1. The summed E-state index contributed by atoms with van der Waals surface area (Å²) < 4.78 is 0. The number of hydrogen-bond acceptors (Lipinski definition) is 2. The number of nitrogens with one attached hydrogen (secondary N) is 1. The van der Waals surface area contributed by atoms with Crippen molar-refractivity contribution < 1.29 is 9.90 Å². The van der Waals surface area contributed by atoms with Crippen molar-refractivity contribution in [2.24, 2.45) is 0 Å². The third-order valence-corrected chi connectivity index (χ3v) is 3.11. The number of rotatable bonds is 4. The number of hydrogen-bond donors (Lipinski definition) is 2.